The molecule has 2 nitrogen and oxygen atoms in total. The third kappa shape index (κ3) is 1.40. The Morgan fingerprint density at radius 1 is 1.43 bits per heavy atom. The largest absolute Gasteiger partial charge is 0.326 e. The van der Waals surface area contributed by atoms with E-state index in [-0.39, 0.29) is 0 Å². The van der Waals surface area contributed by atoms with E-state index in [2.05, 4.69) is 25.7 Å². The third-order valence-corrected chi connectivity index (χ3v) is 4.25. The van der Waals surface area contributed by atoms with Gasteiger partial charge in [0.15, 0.2) is 0 Å². The van der Waals surface area contributed by atoms with Gasteiger partial charge in [0.2, 0.25) is 0 Å². The molecule has 2 rings (SSSR count). The molecule has 1 aliphatic heterocycles. The van der Waals surface area contributed by atoms with Crippen LogP contribution in [0.15, 0.2) is 0 Å². The van der Waals surface area contributed by atoms with Crippen LogP contribution in [0.3, 0.4) is 0 Å². The SMILES string of the molecule is CCCC(C)(C)N1CCC(N)C12CC2. The van der Waals surface area contributed by atoms with Crippen LogP contribution in [0.1, 0.15) is 52.9 Å². The van der Waals surface area contributed by atoms with Crippen LogP contribution in [0, 0.1) is 0 Å². The average Bonchev–Trinajstić information content (AvgIpc) is 2.77. The molecule has 1 atom stereocenters. The maximum absolute atomic E-state index is 6.22. The van der Waals surface area contributed by atoms with Crippen molar-refractivity contribution in [2.24, 2.45) is 5.73 Å². The molecule has 1 saturated carbocycles. The lowest BCUT2D eigenvalue weighted by molar-refractivity contribution is 0.0787. The zero-order valence-corrected chi connectivity index (χ0v) is 9.84. The molecule has 1 spiro atoms. The summed E-state index contributed by atoms with van der Waals surface area (Å²) in [6, 6.07) is 0.443. The van der Waals surface area contributed by atoms with Crippen molar-refractivity contribution in [3.8, 4) is 0 Å². The molecule has 1 heterocycles. The molecule has 2 aliphatic rings. The molecule has 2 heteroatoms. The van der Waals surface area contributed by atoms with Crippen LogP contribution in [0.5, 0.6) is 0 Å². The van der Waals surface area contributed by atoms with Crippen LogP contribution in [-0.4, -0.2) is 28.6 Å². The molecular formula is C12H24N2. The maximum Gasteiger partial charge on any atom is 0.0367 e. The zero-order chi connectivity index (χ0) is 10.4. The highest BCUT2D eigenvalue weighted by Gasteiger charge is 2.59. The first-order valence-electron chi connectivity index (χ1n) is 6.06. The van der Waals surface area contributed by atoms with Crippen molar-refractivity contribution in [1.29, 1.82) is 0 Å². The molecule has 1 unspecified atom stereocenters. The molecule has 2 fully saturated rings. The first kappa shape index (κ1) is 10.4. The number of likely N-dealkylation sites (tertiary alicyclic amines) is 1. The summed E-state index contributed by atoms with van der Waals surface area (Å²) in [4.78, 5) is 2.70. The molecule has 14 heavy (non-hydrogen) atoms. The predicted molar refractivity (Wildman–Crippen MR) is 60.3 cm³/mol. The van der Waals surface area contributed by atoms with Crippen molar-refractivity contribution in [2.45, 2.75) is 70.0 Å². The van der Waals surface area contributed by atoms with Gasteiger partial charge >= 0.3 is 0 Å². The Morgan fingerprint density at radius 2 is 2.07 bits per heavy atom. The standard InChI is InChI=1S/C12H24N2/c1-4-6-11(2,3)14-9-5-10(13)12(14)7-8-12/h10H,4-9,13H2,1-3H3. The highest BCUT2D eigenvalue weighted by atomic mass is 15.3. The average molecular weight is 196 g/mol. The number of nitrogens with zero attached hydrogens (tertiary/aromatic N) is 1. The molecule has 1 aliphatic carbocycles. The third-order valence-electron chi connectivity index (χ3n) is 4.25. The van der Waals surface area contributed by atoms with E-state index < -0.39 is 0 Å². The fourth-order valence-electron chi connectivity index (χ4n) is 3.38. The first-order chi connectivity index (χ1) is 6.53. The topological polar surface area (TPSA) is 29.3 Å². The van der Waals surface area contributed by atoms with Gasteiger partial charge in [-0.25, -0.2) is 0 Å². The number of nitrogens with two attached hydrogens (primary N) is 1. The van der Waals surface area contributed by atoms with Gasteiger partial charge in [-0.3, -0.25) is 4.90 Å². The maximum atomic E-state index is 6.22. The van der Waals surface area contributed by atoms with E-state index in [0.29, 0.717) is 17.1 Å². The van der Waals surface area contributed by atoms with Crippen LogP contribution in [-0.2, 0) is 0 Å². The Bertz CT molecular complexity index is 218. The van der Waals surface area contributed by atoms with E-state index in [9.17, 15) is 0 Å². The molecule has 1 saturated heterocycles. The van der Waals surface area contributed by atoms with Crippen LogP contribution in [0.2, 0.25) is 0 Å². The second-order valence-electron chi connectivity index (χ2n) is 5.71. The molecule has 0 bridgehead atoms. The minimum absolute atomic E-state index is 0.360. The molecule has 0 aromatic carbocycles. The van der Waals surface area contributed by atoms with Gasteiger partial charge in [-0.15, -0.1) is 0 Å². The van der Waals surface area contributed by atoms with E-state index in [1.807, 2.05) is 0 Å². The number of hydrogen-bond donors (Lipinski definition) is 1. The molecule has 0 aromatic heterocycles. The van der Waals surface area contributed by atoms with Gasteiger partial charge in [0, 0.05) is 23.7 Å². The fraction of sp³-hybridized carbons (Fsp3) is 1.00. The minimum Gasteiger partial charge on any atom is -0.326 e. The summed E-state index contributed by atoms with van der Waals surface area (Å²) in [6.07, 6.45) is 6.44. The second-order valence-corrected chi connectivity index (χ2v) is 5.71. The predicted octanol–water partition coefficient (Wildman–Crippen LogP) is 2.13. The van der Waals surface area contributed by atoms with Crippen LogP contribution < -0.4 is 5.73 Å². The summed E-state index contributed by atoms with van der Waals surface area (Å²) >= 11 is 0. The van der Waals surface area contributed by atoms with Crippen molar-refractivity contribution in [3.63, 3.8) is 0 Å². The summed E-state index contributed by atoms with van der Waals surface area (Å²) in [5, 5.41) is 0. The van der Waals surface area contributed by atoms with E-state index in [1.54, 1.807) is 0 Å². The Balaban J connectivity index is 2.11. The Labute approximate surface area is 87.8 Å². The van der Waals surface area contributed by atoms with Gasteiger partial charge in [0.1, 0.15) is 0 Å². The summed E-state index contributed by atoms with van der Waals surface area (Å²) in [7, 11) is 0. The van der Waals surface area contributed by atoms with Crippen LogP contribution >= 0.6 is 0 Å². The smallest absolute Gasteiger partial charge is 0.0367 e. The summed E-state index contributed by atoms with van der Waals surface area (Å²) in [6.45, 7) is 8.26. The van der Waals surface area contributed by atoms with Crippen molar-refractivity contribution >= 4 is 0 Å². The van der Waals surface area contributed by atoms with Crippen molar-refractivity contribution in [3.05, 3.63) is 0 Å². The van der Waals surface area contributed by atoms with Crippen LogP contribution in [0.4, 0.5) is 0 Å². The monoisotopic (exact) mass is 196 g/mol. The number of rotatable bonds is 3. The normalized spacial score (nSPS) is 31.3. The molecular weight excluding hydrogens is 172 g/mol. The Morgan fingerprint density at radius 3 is 2.57 bits per heavy atom. The molecule has 0 aromatic rings. The van der Waals surface area contributed by atoms with E-state index in [0.717, 1.165) is 0 Å². The molecule has 0 radical (unpaired) electrons. The van der Waals surface area contributed by atoms with Crippen molar-refractivity contribution in [1.82, 2.24) is 4.90 Å². The van der Waals surface area contributed by atoms with Gasteiger partial charge in [0.05, 0.1) is 0 Å². The fourth-order valence-corrected chi connectivity index (χ4v) is 3.38. The molecule has 82 valence electrons. The van der Waals surface area contributed by atoms with E-state index in [4.69, 9.17) is 5.73 Å². The van der Waals surface area contributed by atoms with Crippen LogP contribution in [0.25, 0.3) is 0 Å². The zero-order valence-electron chi connectivity index (χ0n) is 9.84. The van der Waals surface area contributed by atoms with E-state index >= 15 is 0 Å². The molecule has 2 N–H and O–H groups in total. The van der Waals surface area contributed by atoms with Gasteiger partial charge in [-0.2, -0.15) is 0 Å². The first-order valence-corrected chi connectivity index (χ1v) is 6.06. The lowest BCUT2D eigenvalue weighted by Gasteiger charge is -2.41. The summed E-state index contributed by atoms with van der Waals surface area (Å²) in [5.41, 5.74) is 6.99. The van der Waals surface area contributed by atoms with E-state index in [1.165, 1.54) is 38.6 Å². The molecule has 0 amide bonds. The second kappa shape index (κ2) is 3.21. The summed E-state index contributed by atoms with van der Waals surface area (Å²) < 4.78 is 0. The van der Waals surface area contributed by atoms with Gasteiger partial charge in [0.25, 0.3) is 0 Å². The highest BCUT2D eigenvalue weighted by molar-refractivity contribution is 5.17. The highest BCUT2D eigenvalue weighted by Crippen LogP contribution is 2.52. The Hall–Kier alpha value is -0.0800. The lowest BCUT2D eigenvalue weighted by atomic mass is 9.94. The van der Waals surface area contributed by atoms with Crippen molar-refractivity contribution < 1.29 is 0 Å². The van der Waals surface area contributed by atoms with Gasteiger partial charge in [-0.05, 0) is 39.5 Å². The number of hydrogen-bond acceptors (Lipinski definition) is 2. The Kier molecular flexibility index (Phi) is 2.39. The van der Waals surface area contributed by atoms with Gasteiger partial charge < -0.3 is 5.73 Å². The minimum atomic E-state index is 0.360. The lowest BCUT2D eigenvalue weighted by Crippen LogP contribution is -2.52. The summed E-state index contributed by atoms with van der Waals surface area (Å²) in [5.74, 6) is 0. The van der Waals surface area contributed by atoms with Gasteiger partial charge in [-0.1, -0.05) is 13.3 Å². The quantitative estimate of drug-likeness (QED) is 0.749. The van der Waals surface area contributed by atoms with Crippen molar-refractivity contribution in [2.75, 3.05) is 6.54 Å².